The van der Waals surface area contributed by atoms with E-state index in [4.69, 9.17) is 13.9 Å². The lowest BCUT2D eigenvalue weighted by atomic mass is 9.82. The van der Waals surface area contributed by atoms with Crippen molar-refractivity contribution in [1.29, 1.82) is 0 Å². The number of nitrogens with zero attached hydrogens (tertiary/aromatic N) is 1. The van der Waals surface area contributed by atoms with Crippen LogP contribution in [0, 0.1) is 5.92 Å². The maximum Gasteiger partial charge on any atom is 0.410 e. The number of hydrogen-bond donors (Lipinski definition) is 1. The number of nitrogens with one attached hydrogen (secondary N) is 1. The topological polar surface area (TPSA) is 94.2 Å². The molecular formula is C21H36N2O6Si. The fourth-order valence-corrected chi connectivity index (χ4v) is 4.97. The molecule has 0 saturated carbocycles. The molecule has 0 aromatic rings. The van der Waals surface area contributed by atoms with Crippen LogP contribution in [0.3, 0.4) is 0 Å². The van der Waals surface area contributed by atoms with Crippen molar-refractivity contribution in [3.8, 4) is 0 Å². The Morgan fingerprint density at radius 2 is 2.07 bits per heavy atom. The van der Waals surface area contributed by atoms with Crippen LogP contribution in [0.1, 0.15) is 34.1 Å². The Balaban J connectivity index is 2.02. The summed E-state index contributed by atoms with van der Waals surface area (Å²) in [5, 5.41) is 2.86. The molecule has 0 aliphatic carbocycles. The maximum absolute atomic E-state index is 13.0. The van der Waals surface area contributed by atoms with Crippen LogP contribution in [0.5, 0.6) is 0 Å². The zero-order chi connectivity index (χ0) is 22.7. The van der Waals surface area contributed by atoms with Crippen LogP contribution >= 0.6 is 0 Å². The molecule has 0 spiro atoms. The lowest BCUT2D eigenvalue weighted by Crippen LogP contribution is -2.65. The summed E-state index contributed by atoms with van der Waals surface area (Å²) in [5.41, 5.74) is 0. The predicted octanol–water partition coefficient (Wildman–Crippen LogP) is 2.49. The number of carbonyl (C=O) groups excluding carboxylic acids is 3. The van der Waals surface area contributed by atoms with Gasteiger partial charge < -0.3 is 19.2 Å². The first-order valence-corrected chi connectivity index (χ1v) is 13.4. The molecule has 2 amide bonds. The Hall–Kier alpha value is -1.71. The van der Waals surface area contributed by atoms with Gasteiger partial charge in [0, 0.05) is 19.0 Å². The van der Waals surface area contributed by atoms with E-state index in [9.17, 15) is 14.4 Å². The number of carbonyl (C=O) groups is 3. The molecule has 2 aliphatic heterocycles. The van der Waals surface area contributed by atoms with E-state index in [1.807, 2.05) is 6.92 Å². The summed E-state index contributed by atoms with van der Waals surface area (Å²) in [6.07, 6.45) is 0.767. The minimum atomic E-state index is -2.05. The van der Waals surface area contributed by atoms with Gasteiger partial charge in [0.2, 0.25) is 5.91 Å². The maximum atomic E-state index is 13.0. The number of β-lactam (4-membered cyclic amide) rings is 1. The summed E-state index contributed by atoms with van der Waals surface area (Å²) in [4.78, 5) is 38.9. The van der Waals surface area contributed by atoms with Crippen molar-refractivity contribution in [3.63, 3.8) is 0 Å². The van der Waals surface area contributed by atoms with Gasteiger partial charge in [0.1, 0.15) is 12.6 Å². The van der Waals surface area contributed by atoms with E-state index in [-0.39, 0.29) is 61.0 Å². The molecular weight excluding hydrogens is 404 g/mol. The summed E-state index contributed by atoms with van der Waals surface area (Å²) >= 11 is 0. The van der Waals surface area contributed by atoms with Crippen LogP contribution in [0.2, 0.25) is 18.1 Å². The molecule has 0 bridgehead atoms. The minimum absolute atomic E-state index is 0.0263. The standard InChI is InChI=1S/C21H36N2O6Si/c1-8-10-28-20(26)23-9-11-27-13-16(23)17(24)12-15-18(19(25)22-15)14(2)29-30(6,7)21(3,4)5/h8,14-16,18H,1,9-13H2,2-7H3,(H,22,25)/t14-,15-,16+,18-/m1/s1. The average molecular weight is 441 g/mol. The van der Waals surface area contributed by atoms with Gasteiger partial charge in [-0.3, -0.25) is 14.5 Å². The number of Topliss-reactive ketones (excluding diaryl/α,β-unsaturated/α-hetero) is 1. The van der Waals surface area contributed by atoms with Crippen LogP contribution in [-0.2, 0) is 23.5 Å². The molecule has 8 nitrogen and oxygen atoms in total. The molecule has 0 unspecified atom stereocenters. The SMILES string of the molecule is C=CCOC(=O)N1CCOC[C@H]1C(=O)C[C@H]1NC(=O)[C@@H]1[C@@H](C)O[Si](C)(C)C(C)(C)C. The monoisotopic (exact) mass is 440 g/mol. The highest BCUT2D eigenvalue weighted by Gasteiger charge is 2.48. The van der Waals surface area contributed by atoms with Crippen molar-refractivity contribution in [1.82, 2.24) is 10.2 Å². The zero-order valence-corrected chi connectivity index (χ0v) is 20.0. The van der Waals surface area contributed by atoms with E-state index in [1.165, 1.54) is 11.0 Å². The molecule has 30 heavy (non-hydrogen) atoms. The first kappa shape index (κ1) is 24.6. The van der Waals surface area contributed by atoms with Crippen LogP contribution < -0.4 is 5.32 Å². The van der Waals surface area contributed by atoms with Crippen LogP contribution in [-0.4, -0.2) is 75.6 Å². The second-order valence-corrected chi connectivity index (χ2v) is 14.3. The van der Waals surface area contributed by atoms with Crippen molar-refractivity contribution < 1.29 is 28.3 Å². The summed E-state index contributed by atoms with van der Waals surface area (Å²) in [6, 6.07) is -1.02. The summed E-state index contributed by atoms with van der Waals surface area (Å²) < 4.78 is 16.9. The average Bonchev–Trinajstić information content (AvgIpc) is 2.63. The quantitative estimate of drug-likeness (QED) is 0.354. The molecule has 2 aliphatic rings. The molecule has 0 aromatic carbocycles. The molecule has 4 atom stereocenters. The van der Waals surface area contributed by atoms with Crippen LogP contribution in [0.4, 0.5) is 4.79 Å². The van der Waals surface area contributed by atoms with Crippen LogP contribution in [0.25, 0.3) is 0 Å². The third kappa shape index (κ3) is 5.50. The third-order valence-corrected chi connectivity index (χ3v) is 10.9. The second kappa shape index (κ2) is 9.61. The largest absolute Gasteiger partial charge is 0.445 e. The summed E-state index contributed by atoms with van der Waals surface area (Å²) in [6.45, 7) is 17.0. The molecule has 1 N–H and O–H groups in total. The van der Waals surface area contributed by atoms with Gasteiger partial charge in [0.15, 0.2) is 14.1 Å². The second-order valence-electron chi connectivity index (χ2n) is 9.54. The smallest absolute Gasteiger partial charge is 0.410 e. The van der Waals surface area contributed by atoms with Crippen LogP contribution in [0.15, 0.2) is 12.7 Å². The van der Waals surface area contributed by atoms with Crippen molar-refractivity contribution in [2.75, 3.05) is 26.4 Å². The minimum Gasteiger partial charge on any atom is -0.445 e. The highest BCUT2D eigenvalue weighted by Crippen LogP contribution is 2.39. The molecule has 0 radical (unpaired) electrons. The Morgan fingerprint density at radius 3 is 2.63 bits per heavy atom. The van der Waals surface area contributed by atoms with Crippen molar-refractivity contribution in [2.24, 2.45) is 5.92 Å². The van der Waals surface area contributed by atoms with Gasteiger partial charge in [0.05, 0.1) is 25.2 Å². The van der Waals surface area contributed by atoms with Gasteiger partial charge in [0.25, 0.3) is 0 Å². The fourth-order valence-electron chi connectivity index (χ4n) is 3.54. The van der Waals surface area contributed by atoms with Crippen molar-refractivity contribution >= 4 is 26.1 Å². The Bertz CT molecular complexity index is 675. The highest BCUT2D eigenvalue weighted by molar-refractivity contribution is 6.74. The molecule has 170 valence electrons. The highest BCUT2D eigenvalue weighted by atomic mass is 28.4. The number of amides is 2. The first-order valence-electron chi connectivity index (χ1n) is 10.5. The number of ether oxygens (including phenoxy) is 2. The third-order valence-electron chi connectivity index (χ3n) is 6.34. The van der Waals surface area contributed by atoms with E-state index >= 15 is 0 Å². The number of rotatable bonds is 8. The Kier molecular flexibility index (Phi) is 7.87. The summed E-state index contributed by atoms with van der Waals surface area (Å²) in [5.74, 6) is -0.630. The molecule has 2 fully saturated rings. The predicted molar refractivity (Wildman–Crippen MR) is 116 cm³/mol. The van der Waals surface area contributed by atoms with E-state index in [1.54, 1.807) is 0 Å². The Morgan fingerprint density at radius 1 is 1.40 bits per heavy atom. The first-order chi connectivity index (χ1) is 13.9. The number of hydrogen-bond acceptors (Lipinski definition) is 6. The van der Waals surface area contributed by atoms with Gasteiger partial charge in [-0.15, -0.1) is 0 Å². The Labute approximate surface area is 180 Å². The van der Waals surface area contributed by atoms with E-state index in [0.29, 0.717) is 6.61 Å². The molecule has 0 aromatic heterocycles. The van der Waals surface area contributed by atoms with Gasteiger partial charge in [-0.1, -0.05) is 33.4 Å². The number of morpholine rings is 1. The molecule has 2 rings (SSSR count). The lowest BCUT2D eigenvalue weighted by Gasteiger charge is -2.45. The van der Waals surface area contributed by atoms with Crippen molar-refractivity contribution in [2.45, 2.75) is 70.4 Å². The van der Waals surface area contributed by atoms with E-state index < -0.39 is 20.5 Å². The lowest BCUT2D eigenvalue weighted by molar-refractivity contribution is -0.142. The molecule has 2 saturated heterocycles. The normalized spacial score (nSPS) is 25.7. The molecule has 9 heteroatoms. The zero-order valence-electron chi connectivity index (χ0n) is 19.0. The van der Waals surface area contributed by atoms with E-state index in [2.05, 4.69) is 45.8 Å². The van der Waals surface area contributed by atoms with Gasteiger partial charge in [-0.25, -0.2) is 4.79 Å². The fraction of sp³-hybridized carbons (Fsp3) is 0.762. The summed E-state index contributed by atoms with van der Waals surface area (Å²) in [7, 11) is -2.05. The van der Waals surface area contributed by atoms with Gasteiger partial charge >= 0.3 is 6.09 Å². The van der Waals surface area contributed by atoms with E-state index in [0.717, 1.165) is 0 Å². The number of ketones is 1. The van der Waals surface area contributed by atoms with Crippen molar-refractivity contribution in [3.05, 3.63) is 12.7 Å². The molecule has 2 heterocycles. The van der Waals surface area contributed by atoms with Gasteiger partial charge in [-0.05, 0) is 25.1 Å². The van der Waals surface area contributed by atoms with Gasteiger partial charge in [-0.2, -0.15) is 0 Å².